The summed E-state index contributed by atoms with van der Waals surface area (Å²) in [6.07, 6.45) is 3.03. The molecule has 1 heterocycles. The molecule has 0 radical (unpaired) electrons. The van der Waals surface area contributed by atoms with E-state index in [1.54, 1.807) is 18.1 Å². The summed E-state index contributed by atoms with van der Waals surface area (Å²) in [5.74, 6) is 0.366. The van der Waals surface area contributed by atoms with Crippen molar-refractivity contribution in [2.24, 2.45) is 0 Å². The molecule has 0 unspecified atom stereocenters. The largest absolute Gasteiger partial charge is 0.338 e. The number of hydrogen-bond acceptors (Lipinski definition) is 4. The molecule has 0 aliphatic heterocycles. The lowest BCUT2D eigenvalue weighted by molar-refractivity contribution is 0.0988. The molecule has 3 aromatic rings. The Hall–Kier alpha value is -2.73. The van der Waals surface area contributed by atoms with Crippen molar-refractivity contribution in [3.05, 3.63) is 76.7 Å². The van der Waals surface area contributed by atoms with E-state index in [-0.39, 0.29) is 5.91 Å². The van der Waals surface area contributed by atoms with Crippen LogP contribution in [-0.2, 0) is 0 Å². The number of benzene rings is 2. The smallest absolute Gasteiger partial charge is 0.278 e. The van der Waals surface area contributed by atoms with Crippen LogP contribution in [0, 0.1) is 6.92 Å². The standard InChI is InChI=1S/C19H17BrN4O/c1-13-8-9-16(15(20)10-13)23-18-12-21-17(11-22-18)19(25)24(2)14-6-4-3-5-7-14/h3-12H,1-2H3,(H,22,23). The fourth-order valence-corrected chi connectivity index (χ4v) is 2.90. The average Bonchev–Trinajstić information content (AvgIpc) is 2.64. The second kappa shape index (κ2) is 7.44. The minimum absolute atomic E-state index is 0.207. The lowest BCUT2D eigenvalue weighted by Crippen LogP contribution is -2.27. The predicted molar refractivity (Wildman–Crippen MR) is 103 cm³/mol. The molecule has 0 saturated heterocycles. The molecule has 0 bridgehead atoms. The van der Waals surface area contributed by atoms with E-state index >= 15 is 0 Å². The van der Waals surface area contributed by atoms with E-state index in [0.717, 1.165) is 21.4 Å². The van der Waals surface area contributed by atoms with Crippen LogP contribution in [0.25, 0.3) is 0 Å². The summed E-state index contributed by atoms with van der Waals surface area (Å²) in [6.45, 7) is 2.03. The van der Waals surface area contributed by atoms with Crippen molar-refractivity contribution in [1.82, 2.24) is 9.97 Å². The molecule has 1 aromatic heterocycles. The predicted octanol–water partition coefficient (Wildman–Crippen LogP) is 4.57. The van der Waals surface area contributed by atoms with Crippen molar-refractivity contribution in [3.63, 3.8) is 0 Å². The van der Waals surface area contributed by atoms with Gasteiger partial charge in [-0.2, -0.15) is 0 Å². The quantitative estimate of drug-likeness (QED) is 0.701. The Kier molecular flexibility index (Phi) is 5.09. The van der Waals surface area contributed by atoms with Crippen molar-refractivity contribution in [2.75, 3.05) is 17.3 Å². The number of aryl methyl sites for hydroxylation is 1. The summed E-state index contributed by atoms with van der Waals surface area (Å²) in [4.78, 5) is 22.6. The number of carbonyl (C=O) groups excluding carboxylic acids is 1. The van der Waals surface area contributed by atoms with Gasteiger partial charge in [0, 0.05) is 17.2 Å². The van der Waals surface area contributed by atoms with E-state index in [4.69, 9.17) is 0 Å². The second-order valence-electron chi connectivity index (χ2n) is 5.59. The van der Waals surface area contributed by atoms with Gasteiger partial charge in [0.2, 0.25) is 0 Å². The molecule has 25 heavy (non-hydrogen) atoms. The molecule has 0 atom stereocenters. The van der Waals surface area contributed by atoms with Gasteiger partial charge in [-0.3, -0.25) is 4.79 Å². The number of halogens is 1. The highest BCUT2D eigenvalue weighted by Crippen LogP contribution is 2.25. The van der Waals surface area contributed by atoms with E-state index in [9.17, 15) is 4.79 Å². The van der Waals surface area contributed by atoms with Crippen molar-refractivity contribution >= 4 is 39.0 Å². The normalized spacial score (nSPS) is 10.4. The molecule has 1 N–H and O–H groups in total. The van der Waals surface area contributed by atoms with Gasteiger partial charge in [0.15, 0.2) is 0 Å². The summed E-state index contributed by atoms with van der Waals surface area (Å²) in [6, 6.07) is 15.4. The minimum Gasteiger partial charge on any atom is -0.338 e. The molecular formula is C19H17BrN4O. The molecule has 3 rings (SSSR count). The van der Waals surface area contributed by atoms with Gasteiger partial charge in [0.05, 0.1) is 18.1 Å². The molecule has 0 saturated carbocycles. The Bertz CT molecular complexity index is 882. The molecule has 0 fully saturated rings. The number of amides is 1. The van der Waals surface area contributed by atoms with E-state index in [1.807, 2.05) is 55.5 Å². The third-order valence-electron chi connectivity index (χ3n) is 3.71. The van der Waals surface area contributed by atoms with E-state index in [1.165, 1.54) is 6.20 Å². The van der Waals surface area contributed by atoms with Gasteiger partial charge in [-0.05, 0) is 52.7 Å². The van der Waals surface area contributed by atoms with Crippen LogP contribution in [0.1, 0.15) is 16.1 Å². The van der Waals surface area contributed by atoms with Crippen LogP contribution >= 0.6 is 15.9 Å². The number of para-hydroxylation sites is 1. The van der Waals surface area contributed by atoms with Crippen LogP contribution in [0.4, 0.5) is 17.2 Å². The van der Waals surface area contributed by atoms with E-state index in [2.05, 4.69) is 31.2 Å². The maximum absolute atomic E-state index is 12.5. The van der Waals surface area contributed by atoms with Gasteiger partial charge in [-0.1, -0.05) is 24.3 Å². The fraction of sp³-hybridized carbons (Fsp3) is 0.105. The first-order valence-electron chi connectivity index (χ1n) is 7.73. The van der Waals surface area contributed by atoms with Crippen LogP contribution in [0.5, 0.6) is 0 Å². The Morgan fingerprint density at radius 2 is 1.84 bits per heavy atom. The molecule has 0 aliphatic rings. The van der Waals surface area contributed by atoms with E-state index in [0.29, 0.717) is 11.5 Å². The van der Waals surface area contributed by atoms with Gasteiger partial charge in [-0.15, -0.1) is 0 Å². The highest BCUT2D eigenvalue weighted by molar-refractivity contribution is 9.10. The number of hydrogen-bond donors (Lipinski definition) is 1. The van der Waals surface area contributed by atoms with Crippen molar-refractivity contribution in [1.29, 1.82) is 0 Å². The highest BCUT2D eigenvalue weighted by atomic mass is 79.9. The lowest BCUT2D eigenvalue weighted by Gasteiger charge is -2.16. The zero-order valence-electron chi connectivity index (χ0n) is 13.9. The van der Waals surface area contributed by atoms with Crippen molar-refractivity contribution < 1.29 is 4.79 Å². The number of rotatable bonds is 4. The van der Waals surface area contributed by atoms with E-state index < -0.39 is 0 Å². The Labute approximate surface area is 154 Å². The molecule has 5 nitrogen and oxygen atoms in total. The average molecular weight is 397 g/mol. The zero-order valence-corrected chi connectivity index (χ0v) is 15.5. The molecule has 2 aromatic carbocycles. The van der Waals surface area contributed by atoms with Crippen LogP contribution in [-0.4, -0.2) is 22.9 Å². The summed E-state index contributed by atoms with van der Waals surface area (Å²) in [7, 11) is 1.72. The SMILES string of the molecule is Cc1ccc(Nc2cnc(C(=O)N(C)c3ccccc3)cn2)c(Br)c1. The van der Waals surface area contributed by atoms with Gasteiger partial charge in [0.1, 0.15) is 11.5 Å². The third kappa shape index (κ3) is 4.03. The summed E-state index contributed by atoms with van der Waals surface area (Å²) in [5, 5.41) is 3.18. The Morgan fingerprint density at radius 3 is 2.48 bits per heavy atom. The van der Waals surface area contributed by atoms with Gasteiger partial charge < -0.3 is 10.2 Å². The third-order valence-corrected chi connectivity index (χ3v) is 4.36. The molecular weight excluding hydrogens is 380 g/mol. The molecule has 6 heteroatoms. The number of aromatic nitrogens is 2. The fourth-order valence-electron chi connectivity index (χ4n) is 2.30. The van der Waals surface area contributed by atoms with Gasteiger partial charge in [-0.25, -0.2) is 9.97 Å². The van der Waals surface area contributed by atoms with Gasteiger partial charge >= 0.3 is 0 Å². The monoisotopic (exact) mass is 396 g/mol. The first-order chi connectivity index (χ1) is 12.0. The topological polar surface area (TPSA) is 58.1 Å². The summed E-state index contributed by atoms with van der Waals surface area (Å²) < 4.78 is 0.943. The number of nitrogens with zero attached hydrogens (tertiary/aromatic N) is 3. The molecule has 126 valence electrons. The van der Waals surface area contributed by atoms with Crippen LogP contribution in [0.2, 0.25) is 0 Å². The van der Waals surface area contributed by atoms with Crippen molar-refractivity contribution in [2.45, 2.75) is 6.92 Å². The van der Waals surface area contributed by atoms with Gasteiger partial charge in [0.25, 0.3) is 5.91 Å². The summed E-state index contributed by atoms with van der Waals surface area (Å²) >= 11 is 3.52. The molecule has 0 spiro atoms. The number of carbonyl (C=O) groups is 1. The molecule has 1 amide bonds. The Balaban J connectivity index is 1.74. The maximum Gasteiger partial charge on any atom is 0.278 e. The summed E-state index contributed by atoms with van der Waals surface area (Å²) in [5.41, 5.74) is 3.15. The molecule has 0 aliphatic carbocycles. The first-order valence-corrected chi connectivity index (χ1v) is 8.52. The number of nitrogens with one attached hydrogen (secondary N) is 1. The van der Waals surface area contributed by atoms with Crippen molar-refractivity contribution in [3.8, 4) is 0 Å². The van der Waals surface area contributed by atoms with Crippen LogP contribution in [0.15, 0.2) is 65.4 Å². The highest BCUT2D eigenvalue weighted by Gasteiger charge is 2.15. The number of anilines is 3. The second-order valence-corrected chi connectivity index (χ2v) is 6.45. The lowest BCUT2D eigenvalue weighted by atomic mass is 10.2. The van der Waals surface area contributed by atoms with Crippen LogP contribution in [0.3, 0.4) is 0 Å². The first kappa shape index (κ1) is 17.1. The van der Waals surface area contributed by atoms with Crippen LogP contribution < -0.4 is 10.2 Å². The zero-order chi connectivity index (χ0) is 17.8. The minimum atomic E-state index is -0.207. The Morgan fingerprint density at radius 1 is 1.08 bits per heavy atom. The maximum atomic E-state index is 12.5.